The van der Waals surface area contributed by atoms with E-state index in [2.05, 4.69) is 8.75 Å². The molecule has 1 atom stereocenters. The van der Waals surface area contributed by atoms with Crippen molar-refractivity contribution in [1.82, 2.24) is 8.75 Å². The van der Waals surface area contributed by atoms with E-state index in [1.165, 1.54) is 0 Å². The summed E-state index contributed by atoms with van der Waals surface area (Å²) in [6.07, 6.45) is 0.118. The van der Waals surface area contributed by atoms with Gasteiger partial charge < -0.3 is 5.73 Å². The minimum absolute atomic E-state index is 0.118. The molecule has 0 bridgehead atoms. The van der Waals surface area contributed by atoms with Crippen LogP contribution in [0.15, 0.2) is 4.79 Å². The van der Waals surface area contributed by atoms with Gasteiger partial charge in [-0.2, -0.15) is 9.64 Å². The van der Waals surface area contributed by atoms with E-state index in [-0.39, 0.29) is 17.7 Å². The Bertz CT molecular complexity index is 322. The number of nitriles is 1. The molecule has 5 nitrogen and oxygen atoms in total. The first-order chi connectivity index (χ1) is 5.25. The standard InChI is InChI=1S/C5H6N4OS/c6-2-1-3(7)4-5(10)9-11-8-4/h3H,1,7H2,(H,9,10)/t3-/m0/s1. The maximum Gasteiger partial charge on any atom is 0.282 e. The third-order valence-corrected chi connectivity index (χ3v) is 1.74. The fraction of sp³-hybridized carbons (Fsp3) is 0.400. The van der Waals surface area contributed by atoms with Crippen molar-refractivity contribution in [2.75, 3.05) is 0 Å². The molecule has 1 rings (SSSR count). The first kappa shape index (κ1) is 7.91. The molecule has 0 spiro atoms. The molecule has 0 amide bonds. The molecule has 1 aromatic heterocycles. The van der Waals surface area contributed by atoms with Crippen LogP contribution in [0.2, 0.25) is 0 Å². The van der Waals surface area contributed by atoms with Gasteiger partial charge in [-0.15, -0.1) is 0 Å². The molecule has 6 heteroatoms. The van der Waals surface area contributed by atoms with Gasteiger partial charge in [0, 0.05) is 11.7 Å². The molecule has 1 heterocycles. The topological polar surface area (TPSA) is 95.6 Å². The number of nitrogens with two attached hydrogens (primary N) is 1. The van der Waals surface area contributed by atoms with Gasteiger partial charge >= 0.3 is 0 Å². The van der Waals surface area contributed by atoms with E-state index >= 15 is 0 Å². The van der Waals surface area contributed by atoms with Gasteiger partial charge in [-0.3, -0.25) is 9.17 Å². The zero-order valence-corrected chi connectivity index (χ0v) is 6.39. The Kier molecular flexibility index (Phi) is 2.36. The maximum atomic E-state index is 10.8. The monoisotopic (exact) mass is 170 g/mol. The predicted molar refractivity (Wildman–Crippen MR) is 39.9 cm³/mol. The summed E-state index contributed by atoms with van der Waals surface area (Å²) in [6, 6.07) is 1.31. The summed E-state index contributed by atoms with van der Waals surface area (Å²) < 4.78 is 6.13. The molecule has 3 N–H and O–H groups in total. The van der Waals surface area contributed by atoms with Gasteiger partial charge in [0.15, 0.2) is 0 Å². The van der Waals surface area contributed by atoms with E-state index < -0.39 is 6.04 Å². The quantitative estimate of drug-likeness (QED) is 0.639. The van der Waals surface area contributed by atoms with Crippen molar-refractivity contribution in [2.24, 2.45) is 5.73 Å². The van der Waals surface area contributed by atoms with Crippen molar-refractivity contribution in [3.63, 3.8) is 0 Å². The number of nitrogens with zero attached hydrogens (tertiary/aromatic N) is 2. The number of hydrogen-bond donors (Lipinski definition) is 2. The van der Waals surface area contributed by atoms with Crippen LogP contribution in [0, 0.1) is 11.3 Å². The zero-order valence-electron chi connectivity index (χ0n) is 5.57. The lowest BCUT2D eigenvalue weighted by Crippen LogP contribution is -2.18. The molecule has 1 aromatic rings. The molecule has 0 aromatic carbocycles. The highest BCUT2D eigenvalue weighted by molar-refractivity contribution is 6.99. The van der Waals surface area contributed by atoms with E-state index in [9.17, 15) is 4.79 Å². The molecular formula is C5H6N4OS. The van der Waals surface area contributed by atoms with E-state index in [0.29, 0.717) is 0 Å². The summed E-state index contributed by atoms with van der Waals surface area (Å²) in [5, 5.41) is 8.26. The van der Waals surface area contributed by atoms with Gasteiger partial charge in [0.1, 0.15) is 5.69 Å². The average molecular weight is 170 g/mol. The Hall–Kier alpha value is -1.19. The van der Waals surface area contributed by atoms with Crippen molar-refractivity contribution < 1.29 is 0 Å². The molecule has 11 heavy (non-hydrogen) atoms. The lowest BCUT2D eigenvalue weighted by atomic mass is 10.2. The van der Waals surface area contributed by atoms with Crippen LogP contribution in [0.5, 0.6) is 0 Å². The summed E-state index contributed by atoms with van der Waals surface area (Å²) >= 11 is 0.943. The van der Waals surface area contributed by atoms with Crippen LogP contribution >= 0.6 is 11.7 Å². The van der Waals surface area contributed by atoms with Crippen LogP contribution in [0.4, 0.5) is 0 Å². The largest absolute Gasteiger partial charge is 0.322 e. The molecule has 0 saturated heterocycles. The highest BCUT2D eigenvalue weighted by Crippen LogP contribution is 2.05. The van der Waals surface area contributed by atoms with Crippen LogP contribution in [0.3, 0.4) is 0 Å². The van der Waals surface area contributed by atoms with Crippen molar-refractivity contribution >= 4 is 11.7 Å². The predicted octanol–water partition coefficient (Wildman–Crippen LogP) is -0.255. The molecule has 0 aliphatic heterocycles. The third-order valence-electron chi connectivity index (χ3n) is 1.18. The molecule has 0 saturated carbocycles. The molecule has 0 unspecified atom stereocenters. The molecule has 0 fully saturated rings. The van der Waals surface area contributed by atoms with Gasteiger partial charge in [0.2, 0.25) is 0 Å². The van der Waals surface area contributed by atoms with Crippen molar-refractivity contribution in [2.45, 2.75) is 12.5 Å². The Labute approximate surface area is 66.8 Å². The number of H-pyrrole nitrogens is 1. The van der Waals surface area contributed by atoms with Crippen molar-refractivity contribution in [1.29, 1.82) is 5.26 Å². The van der Waals surface area contributed by atoms with Crippen LogP contribution in [-0.4, -0.2) is 8.75 Å². The van der Waals surface area contributed by atoms with Gasteiger partial charge in [-0.05, 0) is 0 Å². The molecule has 0 radical (unpaired) electrons. The van der Waals surface area contributed by atoms with Crippen LogP contribution in [0.25, 0.3) is 0 Å². The molecule has 0 aliphatic carbocycles. The van der Waals surface area contributed by atoms with Gasteiger partial charge in [0.25, 0.3) is 5.56 Å². The summed E-state index contributed by atoms with van der Waals surface area (Å²) in [7, 11) is 0. The lowest BCUT2D eigenvalue weighted by molar-refractivity contribution is 0.722. The first-order valence-corrected chi connectivity index (χ1v) is 3.70. The van der Waals surface area contributed by atoms with Crippen LogP contribution in [-0.2, 0) is 0 Å². The van der Waals surface area contributed by atoms with Gasteiger partial charge in [-0.1, -0.05) is 0 Å². The van der Waals surface area contributed by atoms with E-state index in [0.717, 1.165) is 11.7 Å². The second-order valence-electron chi connectivity index (χ2n) is 1.97. The van der Waals surface area contributed by atoms with Crippen molar-refractivity contribution in [3.05, 3.63) is 16.0 Å². The number of aromatic amines is 1. The SMILES string of the molecule is N#CC[C@H](N)c1ns[nH]c1=O. The Balaban J connectivity index is 2.86. The first-order valence-electron chi connectivity index (χ1n) is 2.92. The lowest BCUT2D eigenvalue weighted by Gasteiger charge is -1.98. The number of rotatable bonds is 2. The minimum Gasteiger partial charge on any atom is -0.322 e. The maximum absolute atomic E-state index is 10.8. The highest BCUT2D eigenvalue weighted by Gasteiger charge is 2.11. The number of nitrogens with one attached hydrogen (secondary N) is 1. The van der Waals surface area contributed by atoms with Gasteiger partial charge in [0.05, 0.1) is 18.5 Å². The third kappa shape index (κ3) is 1.63. The molecular weight excluding hydrogens is 164 g/mol. The minimum atomic E-state index is -0.560. The van der Waals surface area contributed by atoms with Crippen LogP contribution in [0.1, 0.15) is 18.2 Å². The van der Waals surface area contributed by atoms with E-state index in [1.807, 2.05) is 6.07 Å². The number of aromatic nitrogens is 2. The summed E-state index contributed by atoms with van der Waals surface area (Å²) in [5.74, 6) is 0. The average Bonchev–Trinajstić information content (AvgIpc) is 2.36. The zero-order chi connectivity index (χ0) is 8.27. The Morgan fingerprint density at radius 3 is 3.09 bits per heavy atom. The van der Waals surface area contributed by atoms with Crippen LogP contribution < -0.4 is 11.3 Å². The normalized spacial score (nSPS) is 12.4. The fourth-order valence-electron chi connectivity index (χ4n) is 0.638. The second-order valence-corrected chi connectivity index (χ2v) is 2.54. The van der Waals surface area contributed by atoms with E-state index in [1.54, 1.807) is 0 Å². The summed E-state index contributed by atoms with van der Waals surface area (Å²) in [5.41, 5.74) is 5.41. The molecule has 58 valence electrons. The Morgan fingerprint density at radius 1 is 1.91 bits per heavy atom. The van der Waals surface area contributed by atoms with Crippen molar-refractivity contribution in [3.8, 4) is 6.07 Å². The summed E-state index contributed by atoms with van der Waals surface area (Å²) in [6.45, 7) is 0. The molecule has 0 aliphatic rings. The second kappa shape index (κ2) is 3.27. The number of hydrogen-bond acceptors (Lipinski definition) is 5. The highest BCUT2D eigenvalue weighted by atomic mass is 32.1. The van der Waals surface area contributed by atoms with Gasteiger partial charge in [-0.25, -0.2) is 0 Å². The smallest absolute Gasteiger partial charge is 0.282 e. The van der Waals surface area contributed by atoms with E-state index in [4.69, 9.17) is 11.0 Å². The Morgan fingerprint density at radius 2 is 2.64 bits per heavy atom. The summed E-state index contributed by atoms with van der Waals surface area (Å²) in [4.78, 5) is 10.8. The fourth-order valence-corrected chi connectivity index (χ4v) is 1.19.